The van der Waals surface area contributed by atoms with Crippen molar-refractivity contribution in [1.82, 2.24) is 15.3 Å². The molecule has 9 nitrogen and oxygen atoms in total. The molecular weight excluding hydrogens is 364 g/mol. The van der Waals surface area contributed by atoms with Crippen molar-refractivity contribution >= 4 is 11.7 Å². The first kappa shape index (κ1) is 19.0. The van der Waals surface area contributed by atoms with Crippen LogP contribution in [-0.4, -0.2) is 37.3 Å². The lowest BCUT2D eigenvalue weighted by atomic mass is 10.2. The highest BCUT2D eigenvalue weighted by Gasteiger charge is 2.15. The van der Waals surface area contributed by atoms with Crippen LogP contribution in [0.3, 0.4) is 0 Å². The van der Waals surface area contributed by atoms with Crippen LogP contribution in [0.15, 0.2) is 47.3 Å². The van der Waals surface area contributed by atoms with Crippen LogP contribution in [0.2, 0.25) is 0 Å². The van der Waals surface area contributed by atoms with Gasteiger partial charge in [0.2, 0.25) is 5.75 Å². The number of anilines is 1. The minimum Gasteiger partial charge on any atom is -0.493 e. The summed E-state index contributed by atoms with van der Waals surface area (Å²) in [5.41, 5.74) is 1.63. The van der Waals surface area contributed by atoms with Crippen LogP contribution in [0.25, 0.3) is 11.5 Å². The van der Waals surface area contributed by atoms with Crippen LogP contribution >= 0.6 is 0 Å². The van der Waals surface area contributed by atoms with E-state index >= 15 is 0 Å². The van der Waals surface area contributed by atoms with Crippen LogP contribution in [0.4, 0.5) is 10.5 Å². The molecule has 0 radical (unpaired) electrons. The van der Waals surface area contributed by atoms with Crippen LogP contribution in [0.1, 0.15) is 5.69 Å². The predicted octanol–water partition coefficient (Wildman–Crippen LogP) is 3.08. The number of carbonyl (C=O) groups excluding carboxylic acids is 1. The molecule has 0 saturated heterocycles. The summed E-state index contributed by atoms with van der Waals surface area (Å²) >= 11 is 0. The predicted molar refractivity (Wildman–Crippen MR) is 102 cm³/mol. The number of amides is 2. The zero-order valence-electron chi connectivity index (χ0n) is 15.7. The van der Waals surface area contributed by atoms with E-state index in [4.69, 9.17) is 18.6 Å². The number of nitrogens with one attached hydrogen (secondary N) is 2. The maximum Gasteiger partial charge on any atom is 0.319 e. The highest BCUT2D eigenvalue weighted by atomic mass is 16.5. The summed E-state index contributed by atoms with van der Waals surface area (Å²) in [6.07, 6.45) is 4.68. The molecule has 0 atom stereocenters. The largest absolute Gasteiger partial charge is 0.493 e. The number of hydrogen-bond donors (Lipinski definition) is 2. The van der Waals surface area contributed by atoms with Gasteiger partial charge in [0.25, 0.3) is 0 Å². The molecule has 1 aromatic carbocycles. The van der Waals surface area contributed by atoms with Crippen molar-refractivity contribution in [3.63, 3.8) is 0 Å². The van der Waals surface area contributed by atoms with Crippen LogP contribution in [-0.2, 0) is 6.54 Å². The highest BCUT2D eigenvalue weighted by Crippen LogP contribution is 2.39. The highest BCUT2D eigenvalue weighted by molar-refractivity contribution is 5.90. The molecular formula is C19H20N4O5. The fraction of sp³-hybridized carbons (Fsp3) is 0.211. The molecule has 0 spiro atoms. The summed E-state index contributed by atoms with van der Waals surface area (Å²) in [5, 5.41) is 5.48. The Bertz CT molecular complexity index is 918. The average molecular weight is 384 g/mol. The van der Waals surface area contributed by atoms with Crippen molar-refractivity contribution in [3.05, 3.63) is 48.6 Å². The average Bonchev–Trinajstić information content (AvgIpc) is 3.26. The van der Waals surface area contributed by atoms with Gasteiger partial charge in [0.05, 0.1) is 45.5 Å². The molecule has 2 heterocycles. The van der Waals surface area contributed by atoms with Gasteiger partial charge in [-0.05, 0) is 12.1 Å². The molecule has 0 aliphatic carbocycles. The molecule has 0 bridgehead atoms. The lowest BCUT2D eigenvalue weighted by Gasteiger charge is -2.15. The van der Waals surface area contributed by atoms with Crippen molar-refractivity contribution in [3.8, 4) is 28.7 Å². The monoisotopic (exact) mass is 384 g/mol. The summed E-state index contributed by atoms with van der Waals surface area (Å²) < 4.78 is 21.2. The Balaban J connectivity index is 1.71. The van der Waals surface area contributed by atoms with Crippen molar-refractivity contribution in [2.45, 2.75) is 6.54 Å². The van der Waals surface area contributed by atoms with Gasteiger partial charge >= 0.3 is 6.03 Å². The quantitative estimate of drug-likeness (QED) is 0.644. The third-order valence-electron chi connectivity index (χ3n) is 3.87. The van der Waals surface area contributed by atoms with E-state index in [1.165, 1.54) is 21.3 Å². The van der Waals surface area contributed by atoms with Gasteiger partial charge in [0, 0.05) is 24.5 Å². The molecule has 28 heavy (non-hydrogen) atoms. The zero-order valence-corrected chi connectivity index (χ0v) is 15.7. The van der Waals surface area contributed by atoms with Gasteiger partial charge < -0.3 is 29.3 Å². The van der Waals surface area contributed by atoms with Crippen LogP contribution < -0.4 is 24.8 Å². The Hall–Kier alpha value is -3.75. The standard InChI is InChI=1S/C19H20N4O5/c1-25-15-9-12(10-16(26-2)18(15)27-3)23-19(24)22-11-13-17(21-7-6-20-13)14-5-4-8-28-14/h4-10H,11H2,1-3H3,(H2,22,23,24). The van der Waals surface area contributed by atoms with Crippen molar-refractivity contribution in [2.75, 3.05) is 26.6 Å². The Kier molecular flexibility index (Phi) is 5.95. The molecule has 0 aliphatic heterocycles. The molecule has 3 rings (SSSR count). The molecule has 2 aromatic heterocycles. The number of benzene rings is 1. The Morgan fingerprint density at radius 3 is 2.39 bits per heavy atom. The second-order valence-corrected chi connectivity index (χ2v) is 5.55. The number of carbonyl (C=O) groups is 1. The Morgan fingerprint density at radius 1 is 1.07 bits per heavy atom. The van der Waals surface area contributed by atoms with E-state index < -0.39 is 6.03 Å². The van der Waals surface area contributed by atoms with Gasteiger partial charge in [-0.25, -0.2) is 9.78 Å². The van der Waals surface area contributed by atoms with E-state index in [0.29, 0.717) is 40.1 Å². The van der Waals surface area contributed by atoms with Gasteiger partial charge in [0.15, 0.2) is 17.3 Å². The molecule has 0 aliphatic rings. The minimum absolute atomic E-state index is 0.167. The van der Waals surface area contributed by atoms with E-state index in [1.54, 1.807) is 42.9 Å². The lowest BCUT2D eigenvalue weighted by Crippen LogP contribution is -2.28. The third-order valence-corrected chi connectivity index (χ3v) is 3.87. The van der Waals surface area contributed by atoms with Crippen molar-refractivity contribution in [2.24, 2.45) is 0 Å². The number of rotatable bonds is 7. The van der Waals surface area contributed by atoms with Gasteiger partial charge in [0.1, 0.15) is 5.69 Å². The fourth-order valence-electron chi connectivity index (χ4n) is 2.61. The minimum atomic E-state index is -0.426. The SMILES string of the molecule is COc1cc(NC(=O)NCc2nccnc2-c2ccco2)cc(OC)c1OC. The Labute approximate surface area is 161 Å². The summed E-state index contributed by atoms with van der Waals surface area (Å²) in [6, 6.07) is 6.39. The van der Waals surface area contributed by atoms with E-state index in [9.17, 15) is 4.79 Å². The van der Waals surface area contributed by atoms with Gasteiger partial charge in [-0.3, -0.25) is 4.98 Å². The first-order valence-corrected chi connectivity index (χ1v) is 8.35. The summed E-state index contributed by atoms with van der Waals surface area (Å²) in [6.45, 7) is 0.167. The molecule has 0 unspecified atom stereocenters. The van der Waals surface area contributed by atoms with E-state index in [2.05, 4.69) is 20.6 Å². The Morgan fingerprint density at radius 2 is 1.79 bits per heavy atom. The number of ether oxygens (including phenoxy) is 3. The number of hydrogen-bond acceptors (Lipinski definition) is 7. The number of furan rings is 1. The lowest BCUT2D eigenvalue weighted by molar-refractivity contribution is 0.251. The first-order chi connectivity index (χ1) is 13.7. The van der Waals surface area contributed by atoms with E-state index in [-0.39, 0.29) is 6.54 Å². The number of urea groups is 1. The number of aromatic nitrogens is 2. The maximum atomic E-state index is 12.3. The number of methoxy groups -OCH3 is 3. The molecule has 9 heteroatoms. The zero-order chi connectivity index (χ0) is 19.9. The third kappa shape index (κ3) is 4.14. The van der Waals surface area contributed by atoms with Gasteiger partial charge in [-0.1, -0.05) is 0 Å². The fourth-order valence-corrected chi connectivity index (χ4v) is 2.61. The summed E-state index contributed by atoms with van der Waals surface area (Å²) in [4.78, 5) is 20.9. The van der Waals surface area contributed by atoms with E-state index in [0.717, 1.165) is 0 Å². The smallest absolute Gasteiger partial charge is 0.319 e. The second kappa shape index (κ2) is 8.76. The first-order valence-electron chi connectivity index (χ1n) is 8.35. The summed E-state index contributed by atoms with van der Waals surface area (Å²) in [7, 11) is 4.52. The number of nitrogens with zero attached hydrogens (tertiary/aromatic N) is 2. The van der Waals surface area contributed by atoms with Gasteiger partial charge in [-0.15, -0.1) is 0 Å². The second-order valence-electron chi connectivity index (χ2n) is 5.55. The normalized spacial score (nSPS) is 10.2. The maximum absolute atomic E-state index is 12.3. The van der Waals surface area contributed by atoms with E-state index in [1.807, 2.05) is 0 Å². The van der Waals surface area contributed by atoms with Crippen molar-refractivity contribution < 1.29 is 23.4 Å². The van der Waals surface area contributed by atoms with Gasteiger partial charge in [-0.2, -0.15) is 0 Å². The van der Waals surface area contributed by atoms with Crippen molar-refractivity contribution in [1.29, 1.82) is 0 Å². The molecule has 3 aromatic rings. The van der Waals surface area contributed by atoms with Crippen LogP contribution in [0.5, 0.6) is 17.2 Å². The molecule has 2 amide bonds. The topological polar surface area (TPSA) is 108 Å². The molecule has 2 N–H and O–H groups in total. The molecule has 0 fully saturated rings. The molecule has 0 saturated carbocycles. The van der Waals surface area contributed by atoms with Crippen LogP contribution in [0, 0.1) is 0 Å². The molecule has 146 valence electrons. The summed E-state index contributed by atoms with van der Waals surface area (Å²) in [5.74, 6) is 1.89.